The fourth-order valence-corrected chi connectivity index (χ4v) is 3.79. The molecule has 0 N–H and O–H groups in total. The van der Waals surface area contributed by atoms with E-state index in [2.05, 4.69) is 31.9 Å². The van der Waals surface area contributed by atoms with E-state index in [4.69, 9.17) is 4.74 Å². The van der Waals surface area contributed by atoms with Gasteiger partial charge in [-0.05, 0) is 44.4 Å². The van der Waals surface area contributed by atoms with E-state index in [9.17, 15) is 9.59 Å². The Morgan fingerprint density at radius 2 is 1.90 bits per heavy atom. The van der Waals surface area contributed by atoms with Crippen LogP contribution in [0.1, 0.15) is 36.5 Å². The monoisotopic (exact) mass is 417 g/mol. The largest absolute Gasteiger partial charge is 0.464 e. The van der Waals surface area contributed by atoms with Gasteiger partial charge >= 0.3 is 5.97 Å². The Kier molecular flexibility index (Phi) is 5.81. The molecule has 114 valence electrons. The highest BCUT2D eigenvalue weighted by atomic mass is 79.9. The number of carbonyl (C=O) groups is 2. The first-order valence-corrected chi connectivity index (χ1v) is 8.55. The standard InChI is InChI=1S/C15H17Br2NO3/c1-2-21-15(20)13-5-3-4-6-18(13)14(19)10-7-11(16)9-12(17)8-10/h7-9,13H,2-6H2,1H3. The number of hydrogen-bond acceptors (Lipinski definition) is 3. The van der Waals surface area contributed by atoms with Crippen LogP contribution in [-0.2, 0) is 9.53 Å². The number of esters is 1. The molecular weight excluding hydrogens is 402 g/mol. The van der Waals surface area contributed by atoms with E-state index in [1.807, 2.05) is 6.07 Å². The Morgan fingerprint density at radius 1 is 1.24 bits per heavy atom. The van der Waals surface area contributed by atoms with Crippen LogP contribution in [-0.4, -0.2) is 36.0 Å². The summed E-state index contributed by atoms with van der Waals surface area (Å²) in [5.41, 5.74) is 0.562. The van der Waals surface area contributed by atoms with E-state index in [0.29, 0.717) is 25.1 Å². The van der Waals surface area contributed by atoms with Crippen LogP contribution in [0.2, 0.25) is 0 Å². The maximum atomic E-state index is 12.7. The first-order valence-electron chi connectivity index (χ1n) is 6.96. The molecule has 1 heterocycles. The van der Waals surface area contributed by atoms with Gasteiger partial charge in [0.2, 0.25) is 0 Å². The lowest BCUT2D eigenvalue weighted by molar-refractivity contribution is -0.149. The van der Waals surface area contributed by atoms with E-state index in [0.717, 1.165) is 21.8 Å². The summed E-state index contributed by atoms with van der Waals surface area (Å²) in [5.74, 6) is -0.436. The number of rotatable bonds is 3. The molecule has 1 aromatic carbocycles. The van der Waals surface area contributed by atoms with E-state index in [-0.39, 0.29) is 11.9 Å². The van der Waals surface area contributed by atoms with Crippen molar-refractivity contribution in [2.75, 3.05) is 13.2 Å². The number of nitrogens with zero attached hydrogens (tertiary/aromatic N) is 1. The van der Waals surface area contributed by atoms with Crippen molar-refractivity contribution >= 4 is 43.7 Å². The first kappa shape index (κ1) is 16.5. The molecule has 0 spiro atoms. The highest BCUT2D eigenvalue weighted by molar-refractivity contribution is 9.11. The van der Waals surface area contributed by atoms with Crippen LogP contribution in [0, 0.1) is 0 Å². The number of benzene rings is 1. The van der Waals surface area contributed by atoms with Crippen molar-refractivity contribution in [1.82, 2.24) is 4.90 Å². The van der Waals surface area contributed by atoms with Crippen LogP contribution in [0.15, 0.2) is 27.1 Å². The molecule has 1 aliphatic heterocycles. The summed E-state index contributed by atoms with van der Waals surface area (Å²) < 4.78 is 6.74. The van der Waals surface area contributed by atoms with Gasteiger partial charge in [-0.2, -0.15) is 0 Å². The lowest BCUT2D eigenvalue weighted by Crippen LogP contribution is -2.48. The zero-order valence-corrected chi connectivity index (χ0v) is 14.9. The van der Waals surface area contributed by atoms with Crippen molar-refractivity contribution in [3.05, 3.63) is 32.7 Å². The van der Waals surface area contributed by atoms with Gasteiger partial charge in [0.25, 0.3) is 5.91 Å². The molecule has 0 saturated carbocycles. The Bertz CT molecular complexity index is 527. The number of carbonyl (C=O) groups excluding carboxylic acids is 2. The third kappa shape index (κ3) is 4.07. The summed E-state index contributed by atoms with van der Waals surface area (Å²) >= 11 is 6.76. The molecule has 1 aromatic rings. The number of piperidine rings is 1. The average molecular weight is 419 g/mol. The molecule has 1 aliphatic rings. The van der Waals surface area contributed by atoms with Gasteiger partial charge in [0, 0.05) is 21.1 Å². The molecule has 2 rings (SSSR count). The minimum absolute atomic E-state index is 0.130. The van der Waals surface area contributed by atoms with Gasteiger partial charge in [-0.1, -0.05) is 31.9 Å². The van der Waals surface area contributed by atoms with Gasteiger partial charge in [-0.3, -0.25) is 4.79 Å². The summed E-state index contributed by atoms with van der Waals surface area (Å²) in [6.07, 6.45) is 2.52. The predicted octanol–water partition coefficient (Wildman–Crippen LogP) is 3.77. The number of ether oxygens (including phenoxy) is 1. The van der Waals surface area contributed by atoms with E-state index >= 15 is 0 Å². The molecule has 4 nitrogen and oxygen atoms in total. The van der Waals surface area contributed by atoms with Gasteiger partial charge < -0.3 is 9.64 Å². The number of halogens is 2. The Hall–Kier alpha value is -0.880. The Labute approximate surface area is 141 Å². The van der Waals surface area contributed by atoms with Crippen molar-refractivity contribution < 1.29 is 14.3 Å². The highest BCUT2D eigenvalue weighted by Crippen LogP contribution is 2.25. The second-order valence-corrected chi connectivity index (χ2v) is 6.75. The second kappa shape index (κ2) is 7.40. The van der Waals surface area contributed by atoms with Gasteiger partial charge in [0.1, 0.15) is 6.04 Å². The zero-order valence-electron chi connectivity index (χ0n) is 11.8. The predicted molar refractivity (Wildman–Crippen MR) is 87.2 cm³/mol. The lowest BCUT2D eigenvalue weighted by Gasteiger charge is -2.34. The maximum absolute atomic E-state index is 12.7. The van der Waals surface area contributed by atoms with Crippen LogP contribution >= 0.6 is 31.9 Å². The zero-order chi connectivity index (χ0) is 15.4. The average Bonchev–Trinajstić information content (AvgIpc) is 2.45. The van der Waals surface area contributed by atoms with Crippen molar-refractivity contribution in [3.8, 4) is 0 Å². The summed E-state index contributed by atoms with van der Waals surface area (Å²) in [6, 6.07) is 4.94. The summed E-state index contributed by atoms with van der Waals surface area (Å²) in [6.45, 7) is 2.70. The molecule has 0 radical (unpaired) electrons. The Balaban J connectivity index is 2.24. The normalized spacial score (nSPS) is 18.4. The SMILES string of the molecule is CCOC(=O)C1CCCCN1C(=O)c1cc(Br)cc(Br)c1. The van der Waals surface area contributed by atoms with Crippen molar-refractivity contribution in [3.63, 3.8) is 0 Å². The second-order valence-electron chi connectivity index (χ2n) is 4.92. The van der Waals surface area contributed by atoms with Crippen LogP contribution in [0.5, 0.6) is 0 Å². The van der Waals surface area contributed by atoms with Crippen LogP contribution < -0.4 is 0 Å². The minimum Gasteiger partial charge on any atom is -0.464 e. The highest BCUT2D eigenvalue weighted by Gasteiger charge is 2.33. The molecule has 1 amide bonds. The minimum atomic E-state index is -0.469. The molecule has 0 aromatic heterocycles. The molecule has 21 heavy (non-hydrogen) atoms. The lowest BCUT2D eigenvalue weighted by atomic mass is 10.0. The quantitative estimate of drug-likeness (QED) is 0.702. The first-order chi connectivity index (χ1) is 10.0. The fourth-order valence-electron chi connectivity index (χ4n) is 2.50. The third-order valence-electron chi connectivity index (χ3n) is 3.43. The van der Waals surface area contributed by atoms with E-state index < -0.39 is 6.04 Å². The molecule has 1 atom stereocenters. The van der Waals surface area contributed by atoms with Gasteiger partial charge in [-0.25, -0.2) is 4.79 Å². The molecule has 0 bridgehead atoms. The van der Waals surface area contributed by atoms with Crippen molar-refractivity contribution in [2.24, 2.45) is 0 Å². The molecule has 1 fully saturated rings. The van der Waals surface area contributed by atoms with Crippen molar-refractivity contribution in [2.45, 2.75) is 32.2 Å². The smallest absolute Gasteiger partial charge is 0.328 e. The van der Waals surface area contributed by atoms with Gasteiger partial charge in [0.15, 0.2) is 0 Å². The summed E-state index contributed by atoms with van der Waals surface area (Å²) in [7, 11) is 0. The number of hydrogen-bond donors (Lipinski definition) is 0. The summed E-state index contributed by atoms with van der Waals surface area (Å²) in [5, 5.41) is 0. The molecule has 0 aliphatic carbocycles. The Morgan fingerprint density at radius 3 is 2.52 bits per heavy atom. The molecule has 6 heteroatoms. The topological polar surface area (TPSA) is 46.6 Å². The van der Waals surface area contributed by atoms with Gasteiger partial charge in [0.05, 0.1) is 6.61 Å². The van der Waals surface area contributed by atoms with E-state index in [1.54, 1.807) is 24.0 Å². The summed E-state index contributed by atoms with van der Waals surface area (Å²) in [4.78, 5) is 26.4. The fraction of sp³-hybridized carbons (Fsp3) is 0.467. The third-order valence-corrected chi connectivity index (χ3v) is 4.35. The number of likely N-dealkylation sites (tertiary alicyclic amines) is 1. The van der Waals surface area contributed by atoms with Crippen LogP contribution in [0.25, 0.3) is 0 Å². The van der Waals surface area contributed by atoms with Crippen LogP contribution in [0.3, 0.4) is 0 Å². The molecule has 1 unspecified atom stereocenters. The van der Waals surface area contributed by atoms with Crippen LogP contribution in [0.4, 0.5) is 0 Å². The maximum Gasteiger partial charge on any atom is 0.328 e. The molecule has 1 saturated heterocycles. The number of amides is 1. The molecular formula is C15H17Br2NO3. The van der Waals surface area contributed by atoms with E-state index in [1.165, 1.54) is 0 Å². The van der Waals surface area contributed by atoms with Gasteiger partial charge in [-0.15, -0.1) is 0 Å². The van der Waals surface area contributed by atoms with Crippen molar-refractivity contribution in [1.29, 1.82) is 0 Å².